The molecule has 0 bridgehead atoms. The van der Waals surface area contributed by atoms with E-state index >= 15 is 0 Å². The molecule has 3 fully saturated rings. The summed E-state index contributed by atoms with van der Waals surface area (Å²) in [6.45, 7) is 3.72. The molecule has 5 heteroatoms. The topological polar surface area (TPSA) is 52.3 Å². The highest BCUT2D eigenvalue weighted by Crippen LogP contribution is 2.71. The van der Waals surface area contributed by atoms with Crippen molar-refractivity contribution in [1.29, 1.82) is 0 Å². The van der Waals surface area contributed by atoms with Gasteiger partial charge in [-0.3, -0.25) is 4.79 Å². The molecule has 0 aromatic rings. The van der Waals surface area contributed by atoms with Crippen molar-refractivity contribution in [1.82, 2.24) is 0 Å². The number of fused-ring (bicyclic) bond motifs is 1. The summed E-state index contributed by atoms with van der Waals surface area (Å²) in [7, 11) is 1.34. The maximum Gasteiger partial charge on any atom is 0.310 e. The molecule has 3 nitrogen and oxygen atoms in total. The van der Waals surface area contributed by atoms with Crippen molar-refractivity contribution < 1.29 is 18.3 Å². The lowest BCUT2D eigenvalue weighted by atomic mass is 9.66. The molecule has 108 valence electrons. The van der Waals surface area contributed by atoms with E-state index in [0.29, 0.717) is 0 Å². The quantitative estimate of drug-likeness (QED) is 0.742. The monoisotopic (exact) mass is 273 g/mol. The number of hydrogen-bond donors (Lipinski definition) is 1. The normalized spacial score (nSPS) is 54.2. The van der Waals surface area contributed by atoms with Crippen LogP contribution in [0, 0.1) is 41.4 Å². The highest BCUT2D eigenvalue weighted by Gasteiger charge is 2.75. The number of carbonyl (C=O) groups excluding carboxylic acids is 1. The Balaban J connectivity index is 1.95. The van der Waals surface area contributed by atoms with Crippen LogP contribution in [0.25, 0.3) is 0 Å². The molecule has 0 aliphatic heterocycles. The first-order valence-corrected chi connectivity index (χ1v) is 7.02. The van der Waals surface area contributed by atoms with Gasteiger partial charge in [0.25, 0.3) is 5.92 Å². The molecule has 0 amide bonds. The molecule has 3 rings (SSSR count). The van der Waals surface area contributed by atoms with Gasteiger partial charge in [-0.25, -0.2) is 8.78 Å². The molecule has 0 aromatic carbocycles. The second kappa shape index (κ2) is 3.90. The molecule has 3 aliphatic rings. The third kappa shape index (κ3) is 1.60. The van der Waals surface area contributed by atoms with Crippen LogP contribution >= 0.6 is 0 Å². The first-order chi connectivity index (χ1) is 8.81. The maximum absolute atomic E-state index is 14.1. The third-order valence-corrected chi connectivity index (χ3v) is 5.82. The number of nitrogens with two attached hydrogens (primary N) is 1. The van der Waals surface area contributed by atoms with Gasteiger partial charge in [0.2, 0.25) is 0 Å². The Morgan fingerprint density at radius 2 is 1.89 bits per heavy atom. The zero-order valence-electron chi connectivity index (χ0n) is 11.5. The van der Waals surface area contributed by atoms with Gasteiger partial charge in [0.15, 0.2) is 0 Å². The Labute approximate surface area is 111 Å². The zero-order chi connectivity index (χ0) is 14.1. The summed E-state index contributed by atoms with van der Waals surface area (Å²) in [6, 6.07) is -0.347. The van der Waals surface area contributed by atoms with Crippen LogP contribution in [0.5, 0.6) is 0 Å². The van der Waals surface area contributed by atoms with Crippen LogP contribution < -0.4 is 5.73 Å². The molecule has 0 spiro atoms. The van der Waals surface area contributed by atoms with Crippen molar-refractivity contribution in [2.45, 2.75) is 32.2 Å². The van der Waals surface area contributed by atoms with Crippen LogP contribution in [-0.4, -0.2) is 25.0 Å². The van der Waals surface area contributed by atoms with Crippen molar-refractivity contribution >= 4 is 5.97 Å². The fourth-order valence-electron chi connectivity index (χ4n) is 5.15. The van der Waals surface area contributed by atoms with Gasteiger partial charge >= 0.3 is 5.97 Å². The minimum Gasteiger partial charge on any atom is -0.469 e. The molecule has 0 radical (unpaired) electrons. The molecule has 0 saturated heterocycles. The number of ether oxygens (including phenoxy) is 1. The van der Waals surface area contributed by atoms with Gasteiger partial charge in [0.05, 0.1) is 13.0 Å². The van der Waals surface area contributed by atoms with Gasteiger partial charge in [-0.1, -0.05) is 13.8 Å². The lowest BCUT2D eigenvalue weighted by Crippen LogP contribution is -2.52. The van der Waals surface area contributed by atoms with E-state index in [1.54, 1.807) is 0 Å². The number of carbonyl (C=O) groups is 1. The van der Waals surface area contributed by atoms with Gasteiger partial charge in [0.1, 0.15) is 0 Å². The van der Waals surface area contributed by atoms with E-state index in [9.17, 15) is 13.6 Å². The number of methoxy groups -OCH3 is 1. The first-order valence-electron chi connectivity index (χ1n) is 7.02. The lowest BCUT2D eigenvalue weighted by molar-refractivity contribution is -0.151. The Kier molecular flexibility index (Phi) is 2.73. The van der Waals surface area contributed by atoms with Crippen molar-refractivity contribution in [3.8, 4) is 0 Å². The van der Waals surface area contributed by atoms with E-state index in [1.807, 2.05) is 13.8 Å². The second-order valence-corrected chi connectivity index (χ2v) is 6.69. The van der Waals surface area contributed by atoms with Gasteiger partial charge in [0, 0.05) is 18.4 Å². The van der Waals surface area contributed by atoms with E-state index < -0.39 is 17.8 Å². The summed E-state index contributed by atoms with van der Waals surface area (Å²) in [6.07, 6.45) is -0.0936. The molecule has 6 unspecified atom stereocenters. The SMILES string of the molecule is COC(=O)[C@@H]1C(C)C2C3C(C(C)CC(F)(F)C23)[C@@H]1N. The van der Waals surface area contributed by atoms with E-state index in [-0.39, 0.29) is 48.0 Å². The smallest absolute Gasteiger partial charge is 0.310 e. The van der Waals surface area contributed by atoms with Gasteiger partial charge in [-0.2, -0.15) is 0 Å². The fraction of sp³-hybridized carbons (Fsp3) is 0.929. The van der Waals surface area contributed by atoms with Gasteiger partial charge < -0.3 is 10.5 Å². The molecule has 0 heterocycles. The summed E-state index contributed by atoms with van der Waals surface area (Å²) in [4.78, 5) is 11.9. The molecule has 2 N–H and O–H groups in total. The van der Waals surface area contributed by atoms with Crippen LogP contribution in [-0.2, 0) is 9.53 Å². The van der Waals surface area contributed by atoms with E-state index in [0.717, 1.165) is 0 Å². The molecule has 3 saturated carbocycles. The number of esters is 1. The summed E-state index contributed by atoms with van der Waals surface area (Å²) in [5.74, 6) is -4.19. The second-order valence-electron chi connectivity index (χ2n) is 6.69. The average Bonchev–Trinajstić information content (AvgIpc) is 3.03. The predicted molar refractivity (Wildman–Crippen MR) is 65.3 cm³/mol. The van der Waals surface area contributed by atoms with Crippen LogP contribution in [0.15, 0.2) is 0 Å². The van der Waals surface area contributed by atoms with Crippen LogP contribution in [0.1, 0.15) is 20.3 Å². The molecular formula is C14H21F2NO2. The first kappa shape index (κ1) is 13.3. The lowest BCUT2D eigenvalue weighted by Gasteiger charge is -2.42. The minimum absolute atomic E-state index is 0.00431. The summed E-state index contributed by atoms with van der Waals surface area (Å²) < 4.78 is 33.0. The Morgan fingerprint density at radius 1 is 1.26 bits per heavy atom. The zero-order valence-corrected chi connectivity index (χ0v) is 11.5. The van der Waals surface area contributed by atoms with Gasteiger partial charge in [-0.05, 0) is 29.6 Å². The van der Waals surface area contributed by atoms with Gasteiger partial charge in [-0.15, -0.1) is 0 Å². The molecule has 0 aromatic heterocycles. The van der Waals surface area contributed by atoms with Crippen molar-refractivity contribution in [3.05, 3.63) is 0 Å². The van der Waals surface area contributed by atoms with Crippen LogP contribution in [0.3, 0.4) is 0 Å². The van der Waals surface area contributed by atoms with Crippen molar-refractivity contribution in [3.63, 3.8) is 0 Å². The predicted octanol–water partition coefficient (Wildman–Crippen LogP) is 1.91. The molecular weight excluding hydrogens is 252 g/mol. The highest BCUT2D eigenvalue weighted by atomic mass is 19.3. The Hall–Kier alpha value is -0.710. The number of hydrogen-bond acceptors (Lipinski definition) is 3. The van der Waals surface area contributed by atoms with Crippen molar-refractivity contribution in [2.24, 2.45) is 47.2 Å². The standard InChI is InChI=1S/C14H21F2NO2/c1-5-4-14(15,16)11-8-6(2)9(13(18)19-3)12(17)7(5)10(8)11/h5-12H,4,17H2,1-3H3/t5?,6?,7?,8?,9-,10?,11?,12+/m1/s1. The van der Waals surface area contributed by atoms with E-state index in [2.05, 4.69) is 0 Å². The minimum atomic E-state index is -2.59. The number of rotatable bonds is 1. The fourth-order valence-corrected chi connectivity index (χ4v) is 5.15. The average molecular weight is 273 g/mol. The summed E-state index contributed by atoms with van der Waals surface area (Å²) in [5.41, 5.74) is 6.25. The molecule has 19 heavy (non-hydrogen) atoms. The number of halogens is 2. The number of alkyl halides is 2. The Morgan fingerprint density at radius 3 is 2.47 bits per heavy atom. The van der Waals surface area contributed by atoms with Crippen LogP contribution in [0.4, 0.5) is 8.78 Å². The van der Waals surface area contributed by atoms with Crippen LogP contribution in [0.2, 0.25) is 0 Å². The Bertz CT molecular complexity index is 414. The molecule has 8 atom stereocenters. The third-order valence-electron chi connectivity index (χ3n) is 5.82. The maximum atomic E-state index is 14.1. The van der Waals surface area contributed by atoms with E-state index in [1.165, 1.54) is 7.11 Å². The largest absolute Gasteiger partial charge is 0.469 e. The summed E-state index contributed by atoms with van der Waals surface area (Å²) >= 11 is 0. The molecule has 3 aliphatic carbocycles. The summed E-state index contributed by atoms with van der Waals surface area (Å²) in [5, 5.41) is 0. The van der Waals surface area contributed by atoms with E-state index in [4.69, 9.17) is 10.5 Å². The highest BCUT2D eigenvalue weighted by molar-refractivity contribution is 5.74. The van der Waals surface area contributed by atoms with Crippen molar-refractivity contribution in [2.75, 3.05) is 7.11 Å².